The van der Waals surface area contributed by atoms with Gasteiger partial charge < -0.3 is 10.2 Å². The summed E-state index contributed by atoms with van der Waals surface area (Å²) in [5.74, 6) is 0.371. The van der Waals surface area contributed by atoms with Crippen molar-refractivity contribution in [3.63, 3.8) is 0 Å². The van der Waals surface area contributed by atoms with E-state index in [1.54, 1.807) is 0 Å². The highest BCUT2D eigenvalue weighted by Crippen LogP contribution is 2.10. The molecule has 2 rings (SSSR count). The first-order chi connectivity index (χ1) is 10.7. The molecule has 2 heterocycles. The fourth-order valence-corrected chi connectivity index (χ4v) is 3.17. The molecule has 2 amide bonds. The highest BCUT2D eigenvalue weighted by Gasteiger charge is 2.23. The van der Waals surface area contributed by atoms with Crippen molar-refractivity contribution in [2.75, 3.05) is 58.9 Å². The van der Waals surface area contributed by atoms with E-state index in [0.717, 1.165) is 52.1 Å². The second-order valence-electron chi connectivity index (χ2n) is 6.30. The fraction of sp³-hybridized carbons (Fsp3) is 0.875. The normalized spacial score (nSPS) is 21.4. The van der Waals surface area contributed by atoms with E-state index in [-0.39, 0.29) is 11.8 Å². The van der Waals surface area contributed by atoms with Crippen molar-refractivity contribution in [2.24, 2.45) is 0 Å². The molecular formula is C16H30N4O2. The van der Waals surface area contributed by atoms with Crippen LogP contribution in [0.25, 0.3) is 0 Å². The predicted molar refractivity (Wildman–Crippen MR) is 86.6 cm³/mol. The summed E-state index contributed by atoms with van der Waals surface area (Å²) in [6, 6.07) is 0. The SMILES string of the molecule is CCNC(=O)CN1CCN(CC(=O)N2CCCCCC2)CC1. The van der Waals surface area contributed by atoms with Crippen LogP contribution in [0.15, 0.2) is 0 Å². The van der Waals surface area contributed by atoms with Crippen LogP contribution in [0, 0.1) is 0 Å². The van der Waals surface area contributed by atoms with E-state index < -0.39 is 0 Å². The van der Waals surface area contributed by atoms with E-state index in [2.05, 4.69) is 15.1 Å². The number of hydrogen-bond donors (Lipinski definition) is 1. The molecular weight excluding hydrogens is 280 g/mol. The van der Waals surface area contributed by atoms with Crippen molar-refractivity contribution in [3.05, 3.63) is 0 Å². The predicted octanol–water partition coefficient (Wildman–Crippen LogP) is 0.143. The van der Waals surface area contributed by atoms with Gasteiger partial charge in [0.2, 0.25) is 11.8 Å². The molecule has 0 aromatic carbocycles. The lowest BCUT2D eigenvalue weighted by molar-refractivity contribution is -0.133. The Labute approximate surface area is 133 Å². The molecule has 0 saturated carbocycles. The summed E-state index contributed by atoms with van der Waals surface area (Å²) in [4.78, 5) is 30.4. The van der Waals surface area contributed by atoms with Crippen LogP contribution in [0.5, 0.6) is 0 Å². The van der Waals surface area contributed by atoms with E-state index in [0.29, 0.717) is 19.6 Å². The molecule has 0 aromatic heterocycles. The minimum Gasteiger partial charge on any atom is -0.355 e. The van der Waals surface area contributed by atoms with Crippen LogP contribution in [0.1, 0.15) is 32.6 Å². The first-order valence-electron chi connectivity index (χ1n) is 8.68. The van der Waals surface area contributed by atoms with Gasteiger partial charge in [-0.15, -0.1) is 0 Å². The van der Waals surface area contributed by atoms with Gasteiger partial charge in [0.05, 0.1) is 13.1 Å². The van der Waals surface area contributed by atoms with E-state index in [1.165, 1.54) is 12.8 Å². The highest BCUT2D eigenvalue weighted by atomic mass is 16.2. The van der Waals surface area contributed by atoms with Gasteiger partial charge in [0.15, 0.2) is 0 Å². The lowest BCUT2D eigenvalue weighted by atomic mass is 10.2. The quantitative estimate of drug-likeness (QED) is 0.785. The van der Waals surface area contributed by atoms with Gasteiger partial charge >= 0.3 is 0 Å². The van der Waals surface area contributed by atoms with Gasteiger partial charge in [-0.25, -0.2) is 0 Å². The molecule has 0 spiro atoms. The molecule has 2 fully saturated rings. The molecule has 2 saturated heterocycles. The molecule has 126 valence electrons. The molecule has 0 radical (unpaired) electrons. The Morgan fingerprint density at radius 2 is 1.36 bits per heavy atom. The topological polar surface area (TPSA) is 55.9 Å². The second-order valence-corrected chi connectivity index (χ2v) is 6.30. The average molecular weight is 310 g/mol. The molecule has 0 unspecified atom stereocenters. The summed E-state index contributed by atoms with van der Waals surface area (Å²) >= 11 is 0. The Balaban J connectivity index is 1.68. The lowest BCUT2D eigenvalue weighted by Gasteiger charge is -2.34. The van der Waals surface area contributed by atoms with Gasteiger partial charge in [-0.1, -0.05) is 12.8 Å². The number of carbonyl (C=O) groups excluding carboxylic acids is 2. The maximum absolute atomic E-state index is 12.4. The zero-order valence-electron chi connectivity index (χ0n) is 13.9. The maximum Gasteiger partial charge on any atom is 0.236 e. The first kappa shape index (κ1) is 17.2. The zero-order chi connectivity index (χ0) is 15.8. The second kappa shape index (κ2) is 9.10. The average Bonchev–Trinajstić information content (AvgIpc) is 2.78. The number of likely N-dealkylation sites (tertiary alicyclic amines) is 1. The lowest BCUT2D eigenvalue weighted by Crippen LogP contribution is -2.52. The highest BCUT2D eigenvalue weighted by molar-refractivity contribution is 5.78. The van der Waals surface area contributed by atoms with E-state index in [4.69, 9.17) is 0 Å². The Morgan fingerprint density at radius 1 is 0.818 bits per heavy atom. The van der Waals surface area contributed by atoms with Crippen LogP contribution in [0.3, 0.4) is 0 Å². The van der Waals surface area contributed by atoms with Gasteiger partial charge in [0.1, 0.15) is 0 Å². The van der Waals surface area contributed by atoms with Gasteiger partial charge in [-0.3, -0.25) is 19.4 Å². The van der Waals surface area contributed by atoms with Gasteiger partial charge in [0, 0.05) is 45.8 Å². The number of rotatable bonds is 5. The Morgan fingerprint density at radius 3 is 1.91 bits per heavy atom. The van der Waals surface area contributed by atoms with Crippen LogP contribution >= 0.6 is 0 Å². The number of amides is 2. The Kier molecular flexibility index (Phi) is 7.12. The molecule has 1 N–H and O–H groups in total. The van der Waals surface area contributed by atoms with Crippen molar-refractivity contribution in [1.29, 1.82) is 0 Å². The van der Waals surface area contributed by atoms with Crippen LogP contribution in [-0.2, 0) is 9.59 Å². The zero-order valence-corrected chi connectivity index (χ0v) is 13.9. The fourth-order valence-electron chi connectivity index (χ4n) is 3.17. The first-order valence-corrected chi connectivity index (χ1v) is 8.68. The minimum atomic E-state index is 0.0941. The van der Waals surface area contributed by atoms with Crippen LogP contribution < -0.4 is 5.32 Å². The van der Waals surface area contributed by atoms with Crippen LogP contribution in [-0.4, -0.2) is 85.4 Å². The third-order valence-corrected chi connectivity index (χ3v) is 4.52. The largest absolute Gasteiger partial charge is 0.355 e. The number of carbonyl (C=O) groups is 2. The van der Waals surface area contributed by atoms with Gasteiger partial charge in [-0.2, -0.15) is 0 Å². The number of nitrogens with zero attached hydrogens (tertiary/aromatic N) is 3. The Hall–Kier alpha value is -1.14. The van der Waals surface area contributed by atoms with Gasteiger partial charge in [-0.05, 0) is 19.8 Å². The summed E-state index contributed by atoms with van der Waals surface area (Å²) in [7, 11) is 0. The number of piperazine rings is 1. The molecule has 2 aliphatic heterocycles. The summed E-state index contributed by atoms with van der Waals surface area (Å²) in [6.07, 6.45) is 4.79. The van der Waals surface area contributed by atoms with E-state index in [9.17, 15) is 9.59 Å². The minimum absolute atomic E-state index is 0.0941. The summed E-state index contributed by atoms with van der Waals surface area (Å²) < 4.78 is 0. The third-order valence-electron chi connectivity index (χ3n) is 4.52. The number of hydrogen-bond acceptors (Lipinski definition) is 4. The summed E-state index contributed by atoms with van der Waals surface area (Å²) in [5, 5.41) is 2.83. The van der Waals surface area contributed by atoms with Crippen LogP contribution in [0.2, 0.25) is 0 Å². The van der Waals surface area contributed by atoms with Crippen molar-refractivity contribution in [2.45, 2.75) is 32.6 Å². The molecule has 22 heavy (non-hydrogen) atoms. The molecule has 0 aromatic rings. The van der Waals surface area contributed by atoms with Crippen molar-refractivity contribution in [3.8, 4) is 0 Å². The third kappa shape index (κ3) is 5.57. The van der Waals surface area contributed by atoms with Crippen LogP contribution in [0.4, 0.5) is 0 Å². The molecule has 0 aliphatic carbocycles. The molecule has 6 heteroatoms. The number of nitrogens with one attached hydrogen (secondary N) is 1. The number of likely N-dealkylation sites (N-methyl/N-ethyl adjacent to an activating group) is 1. The Bertz CT molecular complexity index is 359. The molecule has 0 atom stereocenters. The standard InChI is InChI=1S/C16H30N4O2/c1-2-17-15(21)13-18-9-11-19(12-10-18)14-16(22)20-7-5-3-4-6-8-20/h2-14H2,1H3,(H,17,21). The molecule has 2 aliphatic rings. The summed E-state index contributed by atoms with van der Waals surface area (Å²) in [5.41, 5.74) is 0. The van der Waals surface area contributed by atoms with Gasteiger partial charge in [0.25, 0.3) is 0 Å². The van der Waals surface area contributed by atoms with E-state index >= 15 is 0 Å². The monoisotopic (exact) mass is 310 g/mol. The van der Waals surface area contributed by atoms with Crippen molar-refractivity contribution >= 4 is 11.8 Å². The van der Waals surface area contributed by atoms with Crippen molar-refractivity contribution in [1.82, 2.24) is 20.0 Å². The summed E-state index contributed by atoms with van der Waals surface area (Å²) in [6.45, 7) is 8.96. The molecule has 6 nitrogen and oxygen atoms in total. The molecule has 0 bridgehead atoms. The van der Waals surface area contributed by atoms with Crippen molar-refractivity contribution < 1.29 is 9.59 Å². The smallest absolute Gasteiger partial charge is 0.236 e. The maximum atomic E-state index is 12.4. The van der Waals surface area contributed by atoms with E-state index in [1.807, 2.05) is 11.8 Å².